The molecule has 0 spiro atoms. The lowest BCUT2D eigenvalue weighted by Crippen LogP contribution is -2.04. The number of ether oxygens (including phenoxy) is 1. The SMILES string of the molecule is COC(=O)c1ccc2c(Cl)cc3ncoc3c2n1. The van der Waals surface area contributed by atoms with E-state index < -0.39 is 5.97 Å². The number of methoxy groups -OCH3 is 1. The quantitative estimate of drug-likeness (QED) is 0.631. The lowest BCUT2D eigenvalue weighted by atomic mass is 10.2. The molecule has 0 saturated carbocycles. The molecule has 1 aromatic carbocycles. The Morgan fingerprint density at radius 1 is 1.44 bits per heavy atom. The highest BCUT2D eigenvalue weighted by Gasteiger charge is 2.14. The zero-order valence-corrected chi connectivity index (χ0v) is 10.1. The lowest BCUT2D eigenvalue weighted by molar-refractivity contribution is 0.0594. The number of esters is 1. The Kier molecular flexibility index (Phi) is 2.41. The van der Waals surface area contributed by atoms with Gasteiger partial charge in [0.2, 0.25) is 0 Å². The third-order valence-electron chi connectivity index (χ3n) is 2.62. The first kappa shape index (κ1) is 11.0. The smallest absolute Gasteiger partial charge is 0.356 e. The summed E-state index contributed by atoms with van der Waals surface area (Å²) in [6.07, 6.45) is 1.31. The van der Waals surface area contributed by atoms with E-state index in [2.05, 4.69) is 14.7 Å². The van der Waals surface area contributed by atoms with Crippen LogP contribution in [0.1, 0.15) is 10.5 Å². The monoisotopic (exact) mass is 262 g/mol. The molecule has 0 unspecified atom stereocenters. The molecule has 0 saturated heterocycles. The molecule has 0 amide bonds. The van der Waals surface area contributed by atoms with Crippen molar-refractivity contribution in [2.45, 2.75) is 0 Å². The van der Waals surface area contributed by atoms with Gasteiger partial charge in [-0.25, -0.2) is 14.8 Å². The van der Waals surface area contributed by atoms with E-state index in [4.69, 9.17) is 16.0 Å². The van der Waals surface area contributed by atoms with Crippen LogP contribution in [0.2, 0.25) is 5.02 Å². The van der Waals surface area contributed by atoms with Gasteiger partial charge in [-0.3, -0.25) is 0 Å². The summed E-state index contributed by atoms with van der Waals surface area (Å²) in [6.45, 7) is 0. The van der Waals surface area contributed by atoms with Crippen LogP contribution in [0.25, 0.3) is 22.0 Å². The molecule has 0 N–H and O–H groups in total. The highest BCUT2D eigenvalue weighted by atomic mass is 35.5. The first-order chi connectivity index (χ1) is 8.70. The van der Waals surface area contributed by atoms with Crippen LogP contribution in [0.15, 0.2) is 29.0 Å². The maximum Gasteiger partial charge on any atom is 0.356 e. The number of hydrogen-bond donors (Lipinski definition) is 0. The van der Waals surface area contributed by atoms with Gasteiger partial charge in [0.15, 0.2) is 12.0 Å². The van der Waals surface area contributed by atoms with Crippen molar-refractivity contribution in [2.24, 2.45) is 0 Å². The van der Waals surface area contributed by atoms with Gasteiger partial charge in [-0.1, -0.05) is 11.6 Å². The van der Waals surface area contributed by atoms with Gasteiger partial charge < -0.3 is 9.15 Å². The number of benzene rings is 1. The Balaban J connectivity index is 2.40. The van der Waals surface area contributed by atoms with Crippen LogP contribution in [0.5, 0.6) is 0 Å². The maximum atomic E-state index is 11.5. The van der Waals surface area contributed by atoms with Gasteiger partial charge in [0, 0.05) is 5.39 Å². The Morgan fingerprint density at radius 3 is 3.06 bits per heavy atom. The molecule has 2 heterocycles. The van der Waals surface area contributed by atoms with Crippen LogP contribution >= 0.6 is 11.6 Å². The fourth-order valence-corrected chi connectivity index (χ4v) is 2.03. The number of aromatic nitrogens is 2. The van der Waals surface area contributed by atoms with Crippen LogP contribution in [0.3, 0.4) is 0 Å². The van der Waals surface area contributed by atoms with E-state index in [0.717, 1.165) is 0 Å². The second kappa shape index (κ2) is 3.96. The van der Waals surface area contributed by atoms with Crippen molar-refractivity contribution in [3.8, 4) is 0 Å². The van der Waals surface area contributed by atoms with E-state index in [1.807, 2.05) is 0 Å². The fraction of sp³-hybridized carbons (Fsp3) is 0.0833. The molecule has 0 radical (unpaired) electrons. The highest BCUT2D eigenvalue weighted by Crippen LogP contribution is 2.30. The van der Waals surface area contributed by atoms with E-state index >= 15 is 0 Å². The number of carbonyl (C=O) groups excluding carboxylic acids is 1. The van der Waals surface area contributed by atoms with Gasteiger partial charge in [-0.05, 0) is 18.2 Å². The summed E-state index contributed by atoms with van der Waals surface area (Å²) in [4.78, 5) is 19.7. The van der Waals surface area contributed by atoms with Crippen molar-refractivity contribution in [3.05, 3.63) is 35.3 Å². The first-order valence-electron chi connectivity index (χ1n) is 5.11. The minimum atomic E-state index is -0.510. The maximum absolute atomic E-state index is 11.5. The number of oxazole rings is 1. The van der Waals surface area contributed by atoms with Crippen LogP contribution < -0.4 is 0 Å². The molecule has 0 bridgehead atoms. The number of halogens is 1. The summed E-state index contributed by atoms with van der Waals surface area (Å²) in [5, 5.41) is 1.21. The number of fused-ring (bicyclic) bond motifs is 3. The predicted molar refractivity (Wildman–Crippen MR) is 65.7 cm³/mol. The average molecular weight is 263 g/mol. The molecule has 0 aliphatic rings. The minimum absolute atomic E-state index is 0.199. The van der Waals surface area contributed by atoms with Crippen LogP contribution in [0, 0.1) is 0 Å². The van der Waals surface area contributed by atoms with E-state index in [1.54, 1.807) is 18.2 Å². The van der Waals surface area contributed by atoms with Crippen molar-refractivity contribution >= 4 is 39.6 Å². The van der Waals surface area contributed by atoms with Crippen LogP contribution in [0.4, 0.5) is 0 Å². The molecule has 0 fully saturated rings. The van der Waals surface area contributed by atoms with E-state index in [1.165, 1.54) is 13.5 Å². The van der Waals surface area contributed by atoms with E-state index in [9.17, 15) is 4.79 Å². The van der Waals surface area contributed by atoms with Crippen molar-refractivity contribution < 1.29 is 13.9 Å². The normalized spacial score (nSPS) is 11.0. The average Bonchev–Trinajstić information content (AvgIpc) is 2.85. The number of hydrogen-bond acceptors (Lipinski definition) is 5. The summed E-state index contributed by atoms with van der Waals surface area (Å²) in [6, 6.07) is 4.96. The summed E-state index contributed by atoms with van der Waals surface area (Å²) in [5.41, 5.74) is 1.80. The summed E-state index contributed by atoms with van der Waals surface area (Å²) >= 11 is 6.12. The Labute approximate surface area is 106 Å². The Bertz CT molecular complexity index is 766. The van der Waals surface area contributed by atoms with Gasteiger partial charge in [0.1, 0.15) is 16.7 Å². The molecule has 18 heavy (non-hydrogen) atoms. The van der Waals surface area contributed by atoms with Crippen molar-refractivity contribution in [1.82, 2.24) is 9.97 Å². The van der Waals surface area contributed by atoms with Crippen LogP contribution in [-0.4, -0.2) is 23.0 Å². The molecular formula is C12H7ClN2O3. The molecule has 90 valence electrons. The zero-order chi connectivity index (χ0) is 12.7. The van der Waals surface area contributed by atoms with Gasteiger partial charge in [-0.15, -0.1) is 0 Å². The van der Waals surface area contributed by atoms with E-state index in [0.29, 0.717) is 27.0 Å². The molecule has 2 aromatic heterocycles. The number of pyridine rings is 1. The zero-order valence-electron chi connectivity index (χ0n) is 9.31. The topological polar surface area (TPSA) is 65.2 Å². The number of carbonyl (C=O) groups is 1. The van der Waals surface area contributed by atoms with Crippen molar-refractivity contribution in [3.63, 3.8) is 0 Å². The second-order valence-electron chi connectivity index (χ2n) is 3.64. The van der Waals surface area contributed by atoms with Gasteiger partial charge in [0.25, 0.3) is 0 Å². The van der Waals surface area contributed by atoms with E-state index in [-0.39, 0.29) is 5.69 Å². The molecule has 0 aliphatic heterocycles. The Morgan fingerprint density at radius 2 is 2.28 bits per heavy atom. The fourth-order valence-electron chi connectivity index (χ4n) is 1.78. The molecule has 0 atom stereocenters. The highest BCUT2D eigenvalue weighted by molar-refractivity contribution is 6.36. The number of nitrogens with zero attached hydrogens (tertiary/aromatic N) is 2. The van der Waals surface area contributed by atoms with Crippen LogP contribution in [-0.2, 0) is 4.74 Å². The lowest BCUT2D eigenvalue weighted by Gasteiger charge is -2.03. The predicted octanol–water partition coefficient (Wildman–Crippen LogP) is 2.82. The molecule has 0 aliphatic carbocycles. The molecule has 5 nitrogen and oxygen atoms in total. The minimum Gasteiger partial charge on any atom is -0.464 e. The van der Waals surface area contributed by atoms with Gasteiger partial charge >= 0.3 is 5.97 Å². The van der Waals surface area contributed by atoms with Crippen molar-refractivity contribution in [1.29, 1.82) is 0 Å². The summed E-state index contributed by atoms with van der Waals surface area (Å²) < 4.78 is 9.90. The summed E-state index contributed by atoms with van der Waals surface area (Å²) in [5.74, 6) is -0.510. The third kappa shape index (κ3) is 1.52. The number of rotatable bonds is 1. The largest absolute Gasteiger partial charge is 0.464 e. The molecule has 3 rings (SSSR count). The van der Waals surface area contributed by atoms with Gasteiger partial charge in [-0.2, -0.15) is 0 Å². The molecular weight excluding hydrogens is 256 g/mol. The third-order valence-corrected chi connectivity index (χ3v) is 2.93. The first-order valence-corrected chi connectivity index (χ1v) is 5.49. The Hall–Kier alpha value is -2.14. The van der Waals surface area contributed by atoms with Crippen molar-refractivity contribution in [2.75, 3.05) is 7.11 Å². The molecule has 6 heteroatoms. The standard InChI is InChI=1S/C12H7ClN2O3/c1-17-12(16)8-3-2-6-7(13)4-9-11(10(6)15-8)18-5-14-9/h2-5H,1H3. The summed E-state index contributed by atoms with van der Waals surface area (Å²) in [7, 11) is 1.30. The second-order valence-corrected chi connectivity index (χ2v) is 4.05. The molecule has 3 aromatic rings. The van der Waals surface area contributed by atoms with Gasteiger partial charge in [0.05, 0.1) is 12.1 Å².